The third-order valence-electron chi connectivity index (χ3n) is 5.14. The highest BCUT2D eigenvalue weighted by atomic mass is 35.5. The average molecular weight is 457 g/mol. The van der Waals surface area contributed by atoms with E-state index in [9.17, 15) is 14.3 Å². The summed E-state index contributed by atoms with van der Waals surface area (Å²) in [6.07, 6.45) is 1.37. The van der Waals surface area contributed by atoms with Gasteiger partial charge < -0.3 is 14.7 Å². The number of halogens is 2. The molecule has 0 radical (unpaired) electrons. The number of amides is 1. The fourth-order valence-corrected chi connectivity index (χ4v) is 3.73. The normalized spacial score (nSPS) is 14.4. The van der Waals surface area contributed by atoms with Gasteiger partial charge in [-0.15, -0.1) is 0 Å². The van der Waals surface area contributed by atoms with Crippen LogP contribution in [0.15, 0.2) is 61.3 Å². The van der Waals surface area contributed by atoms with Gasteiger partial charge in [-0.2, -0.15) is 9.78 Å². The summed E-state index contributed by atoms with van der Waals surface area (Å²) in [6.45, 7) is 6.58. The van der Waals surface area contributed by atoms with E-state index < -0.39 is 0 Å². The third kappa shape index (κ3) is 5.09. The monoisotopic (exact) mass is 456 g/mol. The maximum atomic E-state index is 13.1. The van der Waals surface area contributed by atoms with Crippen LogP contribution in [-0.2, 0) is 6.54 Å². The average Bonchev–Trinajstić information content (AvgIpc) is 3.18. The number of aromatic nitrogens is 2. The molecule has 0 saturated carbocycles. The molecular weight excluding hydrogens is 435 g/mol. The predicted octanol–water partition coefficient (Wildman–Crippen LogP) is 4.78. The Bertz CT molecular complexity index is 1120. The van der Waals surface area contributed by atoms with Crippen LogP contribution in [0.25, 0.3) is 5.76 Å². The largest absolute Gasteiger partial charge is 0.506 e. The van der Waals surface area contributed by atoms with Crippen molar-refractivity contribution >= 4 is 23.4 Å². The lowest BCUT2D eigenvalue weighted by molar-refractivity contribution is 0.134. The molecule has 2 heterocycles. The molecule has 1 amide bonds. The van der Waals surface area contributed by atoms with Crippen LogP contribution in [0.5, 0.6) is 11.5 Å². The van der Waals surface area contributed by atoms with Crippen molar-refractivity contribution in [1.29, 1.82) is 0 Å². The van der Waals surface area contributed by atoms with E-state index in [-0.39, 0.29) is 28.3 Å². The minimum Gasteiger partial charge on any atom is -0.506 e. The summed E-state index contributed by atoms with van der Waals surface area (Å²) in [6, 6.07) is 13.3. The van der Waals surface area contributed by atoms with E-state index in [1.807, 2.05) is 24.3 Å². The zero-order valence-corrected chi connectivity index (χ0v) is 18.0. The van der Waals surface area contributed by atoms with Crippen molar-refractivity contribution in [3.05, 3.63) is 83.4 Å². The molecule has 0 aliphatic carbocycles. The Hall–Kier alpha value is -3.36. The van der Waals surface area contributed by atoms with Gasteiger partial charge in [0.05, 0.1) is 11.2 Å². The van der Waals surface area contributed by atoms with Crippen LogP contribution in [0.1, 0.15) is 11.3 Å². The van der Waals surface area contributed by atoms with Crippen LogP contribution < -0.4 is 4.74 Å². The van der Waals surface area contributed by atoms with Crippen LogP contribution in [-0.4, -0.2) is 56.9 Å². The van der Waals surface area contributed by atoms with E-state index in [2.05, 4.69) is 16.6 Å². The fraction of sp³-hybridized carbons (Fsp3) is 0.217. The van der Waals surface area contributed by atoms with Gasteiger partial charge in [-0.3, -0.25) is 4.90 Å². The lowest BCUT2D eigenvalue weighted by Gasteiger charge is -2.34. The molecule has 2 aromatic carbocycles. The van der Waals surface area contributed by atoms with Crippen molar-refractivity contribution in [3.8, 4) is 11.5 Å². The molecule has 4 rings (SSSR count). The first-order valence-corrected chi connectivity index (χ1v) is 10.4. The van der Waals surface area contributed by atoms with Gasteiger partial charge >= 0.3 is 6.03 Å². The summed E-state index contributed by atoms with van der Waals surface area (Å²) < 4.78 is 20.0. The second-order valence-electron chi connectivity index (χ2n) is 7.47. The van der Waals surface area contributed by atoms with Gasteiger partial charge in [0.15, 0.2) is 0 Å². The van der Waals surface area contributed by atoms with Crippen molar-refractivity contribution in [2.75, 3.05) is 26.2 Å². The van der Waals surface area contributed by atoms with Crippen LogP contribution in [0, 0.1) is 5.82 Å². The topological polar surface area (TPSA) is 70.8 Å². The molecule has 0 spiro atoms. The molecule has 166 valence electrons. The number of nitrogens with zero attached hydrogens (tertiary/aromatic N) is 4. The Morgan fingerprint density at radius 1 is 1.12 bits per heavy atom. The second kappa shape index (κ2) is 9.42. The molecule has 1 aliphatic heterocycles. The molecule has 3 aromatic rings. The number of aliphatic hydroxyl groups is 1. The zero-order valence-electron chi connectivity index (χ0n) is 17.2. The molecule has 32 heavy (non-hydrogen) atoms. The molecule has 7 nitrogen and oxygen atoms in total. The minimum atomic E-state index is -0.307. The SMILES string of the molecule is C=C(O)c1nn(C(=O)N2CCN(Cc3cccc(Oc4ccc(F)cc4)c3)CC2)cc1Cl. The van der Waals surface area contributed by atoms with Crippen molar-refractivity contribution < 1.29 is 19.0 Å². The van der Waals surface area contributed by atoms with E-state index >= 15 is 0 Å². The first-order chi connectivity index (χ1) is 15.4. The van der Waals surface area contributed by atoms with E-state index in [0.717, 1.165) is 10.2 Å². The highest BCUT2D eigenvalue weighted by Gasteiger charge is 2.24. The molecule has 1 aliphatic rings. The number of hydrogen-bond donors (Lipinski definition) is 1. The summed E-state index contributed by atoms with van der Waals surface area (Å²) in [5.74, 6) is 0.665. The van der Waals surface area contributed by atoms with Gasteiger partial charge in [-0.25, -0.2) is 9.18 Å². The Morgan fingerprint density at radius 3 is 2.50 bits per heavy atom. The Balaban J connectivity index is 1.33. The maximum Gasteiger partial charge on any atom is 0.344 e. The molecule has 0 bridgehead atoms. The number of benzene rings is 2. The second-order valence-corrected chi connectivity index (χ2v) is 7.87. The number of aliphatic hydroxyl groups excluding tert-OH is 1. The van der Waals surface area contributed by atoms with Gasteiger partial charge in [0, 0.05) is 32.7 Å². The number of carbonyl (C=O) groups excluding carboxylic acids is 1. The molecule has 1 N–H and O–H groups in total. The van der Waals surface area contributed by atoms with Crippen molar-refractivity contribution in [3.63, 3.8) is 0 Å². The first-order valence-electron chi connectivity index (χ1n) is 10.1. The predicted molar refractivity (Wildman–Crippen MR) is 119 cm³/mol. The number of carbonyl (C=O) groups is 1. The quantitative estimate of drug-likeness (QED) is 0.559. The maximum absolute atomic E-state index is 13.1. The standard InChI is InChI=1S/C23H22ClFN4O3/c1-16(30)22-21(24)15-29(26-22)23(31)28-11-9-27(10-12-28)14-17-3-2-4-20(13-17)32-19-7-5-18(25)6-8-19/h2-8,13,15,30H,1,9-12,14H2. The van der Waals surface area contributed by atoms with Gasteiger partial charge in [0.1, 0.15) is 28.8 Å². The highest BCUT2D eigenvalue weighted by molar-refractivity contribution is 6.32. The van der Waals surface area contributed by atoms with Crippen molar-refractivity contribution in [2.24, 2.45) is 0 Å². The molecule has 1 fully saturated rings. The zero-order chi connectivity index (χ0) is 22.7. The summed E-state index contributed by atoms with van der Waals surface area (Å²) >= 11 is 6.00. The van der Waals surface area contributed by atoms with Gasteiger partial charge in [0.2, 0.25) is 0 Å². The molecule has 0 unspecified atom stereocenters. The fourth-order valence-electron chi connectivity index (χ4n) is 3.49. The van der Waals surface area contributed by atoms with Crippen LogP contribution in [0.2, 0.25) is 5.02 Å². The van der Waals surface area contributed by atoms with Crippen LogP contribution in [0.4, 0.5) is 9.18 Å². The van der Waals surface area contributed by atoms with E-state index in [0.29, 0.717) is 44.2 Å². The molecular formula is C23H22ClFN4O3. The minimum absolute atomic E-state index is 0.0985. The number of ether oxygens (including phenoxy) is 1. The summed E-state index contributed by atoms with van der Waals surface area (Å²) in [4.78, 5) is 16.6. The van der Waals surface area contributed by atoms with Crippen LogP contribution >= 0.6 is 11.6 Å². The molecule has 0 atom stereocenters. The third-order valence-corrected chi connectivity index (χ3v) is 5.41. The van der Waals surface area contributed by atoms with E-state index in [1.165, 1.54) is 18.3 Å². The number of rotatable bonds is 5. The molecule has 1 saturated heterocycles. The summed E-state index contributed by atoms with van der Waals surface area (Å²) in [5, 5.41) is 13.7. The number of piperazine rings is 1. The van der Waals surface area contributed by atoms with Crippen molar-refractivity contribution in [2.45, 2.75) is 6.54 Å². The lowest BCUT2D eigenvalue weighted by atomic mass is 10.2. The van der Waals surface area contributed by atoms with E-state index in [4.69, 9.17) is 16.3 Å². The highest BCUT2D eigenvalue weighted by Crippen LogP contribution is 2.24. The van der Waals surface area contributed by atoms with Crippen LogP contribution in [0.3, 0.4) is 0 Å². The smallest absolute Gasteiger partial charge is 0.344 e. The van der Waals surface area contributed by atoms with E-state index in [1.54, 1.807) is 17.0 Å². The van der Waals surface area contributed by atoms with Gasteiger partial charge in [-0.05, 0) is 42.0 Å². The Morgan fingerprint density at radius 2 is 1.84 bits per heavy atom. The Kier molecular flexibility index (Phi) is 6.43. The molecule has 9 heteroatoms. The summed E-state index contributed by atoms with van der Waals surface area (Å²) in [5.41, 5.74) is 1.18. The van der Waals surface area contributed by atoms with Gasteiger partial charge in [-0.1, -0.05) is 30.3 Å². The van der Waals surface area contributed by atoms with Crippen molar-refractivity contribution in [1.82, 2.24) is 19.6 Å². The first kappa shape index (κ1) is 21.9. The number of hydrogen-bond acceptors (Lipinski definition) is 5. The van der Waals surface area contributed by atoms with Gasteiger partial charge in [0.25, 0.3) is 0 Å². The lowest BCUT2D eigenvalue weighted by Crippen LogP contribution is -2.49. The summed E-state index contributed by atoms with van der Waals surface area (Å²) in [7, 11) is 0. The Labute approximate surface area is 189 Å². The molecule has 1 aromatic heterocycles.